The van der Waals surface area contributed by atoms with Crippen molar-refractivity contribution in [2.24, 2.45) is 0 Å². The molecule has 0 saturated heterocycles. The first-order chi connectivity index (χ1) is 11.7. The van der Waals surface area contributed by atoms with Gasteiger partial charge >= 0.3 is 5.97 Å². The third-order valence-electron chi connectivity index (χ3n) is 4.19. The van der Waals surface area contributed by atoms with Gasteiger partial charge in [-0.3, -0.25) is 4.79 Å². The number of hydrogen-bond acceptors (Lipinski definition) is 3. The molecule has 4 heteroatoms. The zero-order valence-corrected chi connectivity index (χ0v) is 13.8. The van der Waals surface area contributed by atoms with Crippen LogP contribution < -0.4 is 5.56 Å². The second-order valence-corrected chi connectivity index (χ2v) is 5.59. The highest BCUT2D eigenvalue weighted by Crippen LogP contribution is 2.22. The normalized spacial score (nSPS) is 10.8. The Morgan fingerprint density at radius 1 is 1.00 bits per heavy atom. The number of rotatable bonds is 4. The number of carbonyl (C=O) groups excluding carboxylic acids is 1. The Morgan fingerprint density at radius 3 is 2.25 bits per heavy atom. The fourth-order valence-electron chi connectivity index (χ4n) is 3.08. The van der Waals surface area contributed by atoms with E-state index in [9.17, 15) is 9.59 Å². The van der Waals surface area contributed by atoms with Gasteiger partial charge < -0.3 is 9.30 Å². The lowest BCUT2D eigenvalue weighted by Crippen LogP contribution is -2.27. The Kier molecular flexibility index (Phi) is 4.47. The first-order valence-electron chi connectivity index (χ1n) is 7.94. The van der Waals surface area contributed by atoms with Crippen molar-refractivity contribution in [1.82, 2.24) is 4.57 Å². The molecule has 0 fully saturated rings. The van der Waals surface area contributed by atoms with E-state index in [2.05, 4.69) is 0 Å². The van der Waals surface area contributed by atoms with Crippen LogP contribution >= 0.6 is 0 Å². The minimum absolute atomic E-state index is 0.0843. The van der Waals surface area contributed by atoms with Gasteiger partial charge in [0, 0.05) is 16.5 Å². The number of aromatic nitrogens is 1. The van der Waals surface area contributed by atoms with Crippen LogP contribution in [0.3, 0.4) is 0 Å². The minimum Gasteiger partial charge on any atom is -0.465 e. The Labute approximate surface area is 140 Å². The minimum atomic E-state index is -0.412. The van der Waals surface area contributed by atoms with Gasteiger partial charge in [0.25, 0.3) is 5.56 Å². The van der Waals surface area contributed by atoms with Crippen molar-refractivity contribution >= 4 is 16.7 Å². The zero-order chi connectivity index (χ0) is 17.1. The lowest BCUT2D eigenvalue weighted by Gasteiger charge is -2.18. The van der Waals surface area contributed by atoms with Crippen LogP contribution in [-0.4, -0.2) is 17.6 Å². The van der Waals surface area contributed by atoms with Crippen molar-refractivity contribution in [2.75, 3.05) is 7.11 Å². The maximum atomic E-state index is 13.0. The number of hydrogen-bond donors (Lipinski definition) is 0. The lowest BCUT2D eigenvalue weighted by atomic mass is 10.0. The molecule has 1 aromatic heterocycles. The van der Waals surface area contributed by atoms with Gasteiger partial charge in [-0.15, -0.1) is 0 Å². The highest BCUT2D eigenvalue weighted by Gasteiger charge is 2.21. The summed E-state index contributed by atoms with van der Waals surface area (Å²) in [7, 11) is 1.36. The predicted molar refractivity (Wildman–Crippen MR) is 94.5 cm³/mol. The first kappa shape index (κ1) is 16.0. The summed E-state index contributed by atoms with van der Waals surface area (Å²) in [5.41, 5.74) is 2.11. The zero-order valence-electron chi connectivity index (χ0n) is 13.8. The van der Waals surface area contributed by atoms with Gasteiger partial charge in [-0.25, -0.2) is 4.79 Å². The van der Waals surface area contributed by atoms with E-state index < -0.39 is 5.97 Å². The summed E-state index contributed by atoms with van der Waals surface area (Å²) < 4.78 is 6.66. The summed E-state index contributed by atoms with van der Waals surface area (Å²) in [6, 6.07) is 17.0. The summed E-state index contributed by atoms with van der Waals surface area (Å²) in [6.45, 7) is 2.37. The third-order valence-corrected chi connectivity index (χ3v) is 4.19. The largest absolute Gasteiger partial charge is 0.465 e. The standard InChI is InChI=1S/C20H19NO3/c1-3-17-18(20(23)24-2)15-11-7-8-12-16(15)19(22)21(17)13-14-9-5-4-6-10-14/h4-12H,3,13H2,1-2H3. The molecule has 1 heterocycles. The molecule has 0 bridgehead atoms. The van der Waals surface area contributed by atoms with Gasteiger partial charge in [0.1, 0.15) is 0 Å². The number of ether oxygens (including phenoxy) is 1. The van der Waals surface area contributed by atoms with Gasteiger partial charge in [-0.05, 0) is 18.1 Å². The summed E-state index contributed by atoms with van der Waals surface area (Å²) in [4.78, 5) is 25.4. The molecule has 122 valence electrons. The van der Waals surface area contributed by atoms with Crippen LogP contribution in [0.25, 0.3) is 10.8 Å². The Bertz CT molecular complexity index is 942. The molecular weight excluding hydrogens is 302 g/mol. The monoisotopic (exact) mass is 321 g/mol. The molecular formula is C20H19NO3. The molecule has 2 aromatic carbocycles. The fraction of sp³-hybridized carbons (Fsp3) is 0.200. The Hall–Kier alpha value is -2.88. The molecule has 0 aliphatic rings. The molecule has 4 nitrogen and oxygen atoms in total. The van der Waals surface area contributed by atoms with Crippen molar-refractivity contribution in [3.8, 4) is 0 Å². The van der Waals surface area contributed by atoms with E-state index in [1.54, 1.807) is 16.7 Å². The van der Waals surface area contributed by atoms with Gasteiger partial charge in [0.15, 0.2) is 0 Å². The van der Waals surface area contributed by atoms with Crippen LogP contribution in [0.4, 0.5) is 0 Å². The number of methoxy groups -OCH3 is 1. The van der Waals surface area contributed by atoms with Crippen molar-refractivity contribution in [1.29, 1.82) is 0 Å². The summed E-state index contributed by atoms with van der Waals surface area (Å²) in [5.74, 6) is -0.412. The Morgan fingerprint density at radius 2 is 1.62 bits per heavy atom. The van der Waals surface area contributed by atoms with Crippen molar-refractivity contribution < 1.29 is 9.53 Å². The smallest absolute Gasteiger partial charge is 0.340 e. The predicted octanol–water partition coefficient (Wildman–Crippen LogP) is 3.40. The molecule has 0 unspecified atom stereocenters. The maximum absolute atomic E-state index is 13.0. The quantitative estimate of drug-likeness (QED) is 0.692. The van der Waals surface area contributed by atoms with Crippen LogP contribution in [0.1, 0.15) is 28.5 Å². The molecule has 3 rings (SSSR count). The van der Waals surface area contributed by atoms with E-state index in [0.717, 1.165) is 5.56 Å². The van der Waals surface area contributed by atoms with Gasteiger partial charge in [-0.2, -0.15) is 0 Å². The maximum Gasteiger partial charge on any atom is 0.340 e. The van der Waals surface area contributed by atoms with Crippen LogP contribution in [0.2, 0.25) is 0 Å². The van der Waals surface area contributed by atoms with E-state index >= 15 is 0 Å². The number of pyridine rings is 1. The average Bonchev–Trinajstić information content (AvgIpc) is 2.64. The molecule has 0 radical (unpaired) electrons. The van der Waals surface area contributed by atoms with E-state index in [1.165, 1.54) is 7.11 Å². The second-order valence-electron chi connectivity index (χ2n) is 5.59. The number of fused-ring (bicyclic) bond motifs is 1. The SMILES string of the molecule is CCc1c(C(=O)OC)c2ccccc2c(=O)n1Cc1ccccc1. The van der Waals surface area contributed by atoms with E-state index in [1.807, 2.05) is 49.4 Å². The third kappa shape index (κ3) is 2.71. The Balaban J connectivity index is 2.34. The van der Waals surface area contributed by atoms with Crippen LogP contribution in [0.5, 0.6) is 0 Å². The average molecular weight is 321 g/mol. The molecule has 24 heavy (non-hydrogen) atoms. The number of esters is 1. The molecule has 0 amide bonds. The lowest BCUT2D eigenvalue weighted by molar-refractivity contribution is 0.0600. The van der Waals surface area contributed by atoms with Gasteiger partial charge in [0.2, 0.25) is 0 Å². The van der Waals surface area contributed by atoms with E-state index in [0.29, 0.717) is 35.0 Å². The van der Waals surface area contributed by atoms with Crippen LogP contribution in [0, 0.1) is 0 Å². The highest BCUT2D eigenvalue weighted by atomic mass is 16.5. The number of benzene rings is 2. The van der Waals surface area contributed by atoms with E-state index in [4.69, 9.17) is 4.74 Å². The topological polar surface area (TPSA) is 48.3 Å². The van der Waals surface area contributed by atoms with Crippen LogP contribution in [-0.2, 0) is 17.7 Å². The summed E-state index contributed by atoms with van der Waals surface area (Å²) >= 11 is 0. The highest BCUT2D eigenvalue weighted by molar-refractivity contribution is 6.05. The molecule has 0 spiro atoms. The molecule has 0 N–H and O–H groups in total. The second kappa shape index (κ2) is 6.71. The molecule has 0 aliphatic carbocycles. The van der Waals surface area contributed by atoms with Crippen molar-refractivity contribution in [2.45, 2.75) is 19.9 Å². The molecule has 3 aromatic rings. The summed E-state index contributed by atoms with van der Waals surface area (Å²) in [5, 5.41) is 1.18. The van der Waals surface area contributed by atoms with Gasteiger partial charge in [0.05, 0.1) is 19.2 Å². The number of carbonyl (C=O) groups is 1. The summed E-state index contributed by atoms with van der Waals surface area (Å²) in [6.07, 6.45) is 0.567. The fourth-order valence-corrected chi connectivity index (χ4v) is 3.08. The van der Waals surface area contributed by atoms with E-state index in [-0.39, 0.29) is 5.56 Å². The van der Waals surface area contributed by atoms with Crippen LogP contribution in [0.15, 0.2) is 59.4 Å². The van der Waals surface area contributed by atoms with Gasteiger partial charge in [-0.1, -0.05) is 55.5 Å². The molecule has 0 saturated carbocycles. The number of nitrogens with zero attached hydrogens (tertiary/aromatic N) is 1. The molecule has 0 aliphatic heterocycles. The first-order valence-corrected chi connectivity index (χ1v) is 7.94. The van der Waals surface area contributed by atoms with Crippen molar-refractivity contribution in [3.63, 3.8) is 0 Å². The van der Waals surface area contributed by atoms with Crippen molar-refractivity contribution in [3.05, 3.63) is 81.8 Å². The molecule has 0 atom stereocenters.